The van der Waals surface area contributed by atoms with E-state index in [-0.39, 0.29) is 5.82 Å². The number of amides is 2. The summed E-state index contributed by atoms with van der Waals surface area (Å²) in [7, 11) is 0. The number of morpholine rings is 1. The number of aryl methyl sites for hydroxylation is 1. The minimum Gasteiger partial charge on any atom is -0.378 e. The van der Waals surface area contributed by atoms with Gasteiger partial charge >= 0.3 is 6.03 Å². The fraction of sp³-hybridized carbons (Fsp3) is 0.292. The van der Waals surface area contributed by atoms with Gasteiger partial charge in [0.15, 0.2) is 17.2 Å². The number of rotatable bonds is 6. The Kier molecular flexibility index (Phi) is 6.98. The number of ether oxygens (including phenoxy) is 1. The summed E-state index contributed by atoms with van der Waals surface area (Å²) in [5, 5.41) is 6.30. The van der Waals surface area contributed by atoms with Crippen molar-refractivity contribution in [1.82, 2.24) is 4.98 Å². The fourth-order valence-corrected chi connectivity index (χ4v) is 5.96. The third-order valence-electron chi connectivity index (χ3n) is 5.64. The van der Waals surface area contributed by atoms with Gasteiger partial charge in [-0.15, -0.1) is 0 Å². The topological polar surface area (TPSA) is 86.8 Å². The third-order valence-corrected chi connectivity index (χ3v) is 7.74. The molecule has 2 aliphatic rings. The molecule has 3 heterocycles. The Bertz CT molecular complexity index is 1180. The molecule has 3 aromatic rings. The molecule has 0 bridgehead atoms. The number of carbonyl (C=O) groups is 2. The van der Waals surface area contributed by atoms with Crippen molar-refractivity contribution in [3.63, 3.8) is 0 Å². The molecule has 1 saturated heterocycles. The molecule has 5 rings (SSSR count). The lowest BCUT2D eigenvalue weighted by molar-refractivity contribution is 0.112. The van der Waals surface area contributed by atoms with Crippen molar-refractivity contribution in [3.05, 3.63) is 59.0 Å². The summed E-state index contributed by atoms with van der Waals surface area (Å²) in [5.41, 5.74) is 3.28. The van der Waals surface area contributed by atoms with Crippen molar-refractivity contribution in [2.24, 2.45) is 0 Å². The molecule has 2 amide bonds. The van der Waals surface area contributed by atoms with E-state index < -0.39 is 6.03 Å². The van der Waals surface area contributed by atoms with E-state index in [1.165, 1.54) is 22.6 Å². The Hall–Kier alpha value is -3.08. The molecule has 2 N–H and O–H groups in total. The summed E-state index contributed by atoms with van der Waals surface area (Å²) in [4.78, 5) is 32.2. The summed E-state index contributed by atoms with van der Waals surface area (Å²) in [6.45, 7) is 3.64. The molecule has 2 aliphatic heterocycles. The van der Waals surface area contributed by atoms with Crippen molar-refractivity contribution in [2.45, 2.75) is 17.7 Å². The maximum atomic E-state index is 12.7. The molecule has 176 valence electrons. The molecule has 8 nitrogen and oxygen atoms in total. The Balaban J connectivity index is 1.24. The van der Waals surface area contributed by atoms with E-state index in [4.69, 9.17) is 4.74 Å². The molecular weight excluding hydrogens is 470 g/mol. The van der Waals surface area contributed by atoms with Crippen LogP contribution in [0.4, 0.5) is 27.1 Å². The average Bonchev–Trinajstić information content (AvgIpc) is 3.27. The summed E-state index contributed by atoms with van der Waals surface area (Å²) in [5.74, 6) is 0.273. The van der Waals surface area contributed by atoms with E-state index >= 15 is 0 Å². The molecule has 34 heavy (non-hydrogen) atoms. The Morgan fingerprint density at radius 3 is 2.79 bits per heavy atom. The number of aldehydes is 1. The molecule has 2 aromatic carbocycles. The van der Waals surface area contributed by atoms with Gasteiger partial charge in [0.05, 0.1) is 18.9 Å². The number of fused-ring (bicyclic) bond motifs is 1. The van der Waals surface area contributed by atoms with Crippen LogP contribution in [0.25, 0.3) is 0 Å². The van der Waals surface area contributed by atoms with Crippen LogP contribution in [0.5, 0.6) is 0 Å². The second-order valence-electron chi connectivity index (χ2n) is 7.96. The van der Waals surface area contributed by atoms with Crippen LogP contribution in [0.15, 0.2) is 53.4 Å². The van der Waals surface area contributed by atoms with Crippen molar-refractivity contribution < 1.29 is 14.3 Å². The largest absolute Gasteiger partial charge is 0.378 e. The van der Waals surface area contributed by atoms with Crippen LogP contribution in [0.3, 0.4) is 0 Å². The summed E-state index contributed by atoms with van der Waals surface area (Å²) in [6, 6.07) is 15.8. The molecule has 0 spiro atoms. The van der Waals surface area contributed by atoms with E-state index in [0.717, 1.165) is 30.6 Å². The van der Waals surface area contributed by atoms with Crippen LogP contribution in [0.2, 0.25) is 0 Å². The number of nitrogens with one attached hydrogen (secondary N) is 2. The Labute approximate surface area is 206 Å². The van der Waals surface area contributed by atoms with Crippen LogP contribution < -0.4 is 19.8 Å². The van der Waals surface area contributed by atoms with Gasteiger partial charge in [0.25, 0.3) is 0 Å². The second-order valence-corrected chi connectivity index (χ2v) is 10.1. The smallest absolute Gasteiger partial charge is 0.324 e. The zero-order valence-corrected chi connectivity index (χ0v) is 20.2. The number of hydrogen-bond donors (Lipinski definition) is 2. The predicted molar refractivity (Wildman–Crippen MR) is 138 cm³/mol. The van der Waals surface area contributed by atoms with Crippen LogP contribution in [0.1, 0.15) is 21.7 Å². The Morgan fingerprint density at radius 1 is 1.09 bits per heavy atom. The van der Waals surface area contributed by atoms with Crippen molar-refractivity contribution in [2.75, 3.05) is 52.7 Å². The lowest BCUT2D eigenvalue weighted by Gasteiger charge is -2.29. The number of thiazole rings is 1. The van der Waals surface area contributed by atoms with Gasteiger partial charge in [-0.3, -0.25) is 10.1 Å². The van der Waals surface area contributed by atoms with Gasteiger partial charge < -0.3 is 19.3 Å². The van der Waals surface area contributed by atoms with Crippen LogP contribution in [0, 0.1) is 0 Å². The van der Waals surface area contributed by atoms with Gasteiger partial charge in [-0.1, -0.05) is 35.6 Å². The minimum atomic E-state index is -0.438. The van der Waals surface area contributed by atoms with Gasteiger partial charge in [-0.25, -0.2) is 9.78 Å². The summed E-state index contributed by atoms with van der Waals surface area (Å²) in [6.07, 6.45) is 2.94. The minimum absolute atomic E-state index is 0.273. The number of urea groups is 1. The molecule has 1 aromatic heterocycles. The van der Waals surface area contributed by atoms with E-state index in [0.29, 0.717) is 42.0 Å². The quantitative estimate of drug-likeness (QED) is 0.372. The van der Waals surface area contributed by atoms with Crippen LogP contribution >= 0.6 is 23.3 Å². The van der Waals surface area contributed by atoms with E-state index in [2.05, 4.69) is 49.1 Å². The van der Waals surface area contributed by atoms with E-state index in [9.17, 15) is 9.59 Å². The predicted octanol–water partition coefficient (Wildman–Crippen LogP) is 4.90. The molecule has 0 atom stereocenters. The van der Waals surface area contributed by atoms with Crippen molar-refractivity contribution in [3.8, 4) is 0 Å². The summed E-state index contributed by atoms with van der Waals surface area (Å²) >= 11 is 2.94. The highest BCUT2D eigenvalue weighted by molar-refractivity contribution is 8.00. The number of hydrogen-bond acceptors (Lipinski definition) is 8. The van der Waals surface area contributed by atoms with E-state index in [1.54, 1.807) is 11.9 Å². The lowest BCUT2D eigenvalue weighted by Crippen LogP contribution is -2.36. The lowest BCUT2D eigenvalue weighted by atomic mass is 10.0. The molecule has 1 fully saturated rings. The average molecular weight is 496 g/mol. The molecule has 0 radical (unpaired) electrons. The van der Waals surface area contributed by atoms with Gasteiger partial charge in [-0.05, 0) is 54.6 Å². The van der Waals surface area contributed by atoms with Gasteiger partial charge in [-0.2, -0.15) is 0 Å². The first-order valence-corrected chi connectivity index (χ1v) is 12.8. The highest BCUT2D eigenvalue weighted by Crippen LogP contribution is 2.36. The van der Waals surface area contributed by atoms with Crippen molar-refractivity contribution >= 4 is 57.9 Å². The van der Waals surface area contributed by atoms with E-state index in [1.807, 2.05) is 24.3 Å². The maximum Gasteiger partial charge on any atom is 0.324 e. The highest BCUT2D eigenvalue weighted by Gasteiger charge is 2.20. The zero-order chi connectivity index (χ0) is 23.3. The Morgan fingerprint density at radius 2 is 1.94 bits per heavy atom. The zero-order valence-electron chi connectivity index (χ0n) is 18.5. The maximum absolute atomic E-state index is 12.7. The molecule has 10 heteroatoms. The number of anilines is 4. The molecule has 0 saturated carbocycles. The second kappa shape index (κ2) is 10.5. The number of benzene rings is 2. The number of para-hydroxylation sites is 1. The highest BCUT2D eigenvalue weighted by atomic mass is 32.2. The molecule has 0 aliphatic carbocycles. The van der Waals surface area contributed by atoms with Gasteiger partial charge in [0.2, 0.25) is 0 Å². The van der Waals surface area contributed by atoms with Crippen LogP contribution in [-0.4, -0.2) is 50.1 Å². The normalized spacial score (nSPS) is 15.5. The third kappa shape index (κ3) is 5.19. The summed E-state index contributed by atoms with van der Waals surface area (Å²) < 4.78 is 7.67. The molecular formula is C24H25N5O3S2. The first-order chi connectivity index (χ1) is 16.7. The van der Waals surface area contributed by atoms with Crippen molar-refractivity contribution in [1.29, 1.82) is 0 Å². The number of nitrogens with zero attached hydrogens (tertiary/aromatic N) is 3. The standard InChI is InChI=1S/C24H25N5O3S2/c30-16-21-22(27-24(33-21)28-11-13-32-14-12-28)26-23(31)25-18-7-3-8-19(15-18)34-29-10-4-6-17-5-1-2-9-20(17)29/h1-3,5,7-9,15-16H,4,6,10-14H2,(H2,25,26,31). The first kappa shape index (κ1) is 22.7. The van der Waals surface area contributed by atoms with Gasteiger partial charge in [0, 0.05) is 30.2 Å². The fourth-order valence-electron chi connectivity index (χ4n) is 4.00. The SMILES string of the molecule is O=Cc1sc(N2CCOCC2)nc1NC(=O)Nc1cccc(SN2CCCc3ccccc32)c1. The number of carbonyl (C=O) groups excluding carboxylic acids is 2. The molecule has 0 unspecified atom stereocenters. The van der Waals surface area contributed by atoms with Crippen LogP contribution in [-0.2, 0) is 11.2 Å². The van der Waals surface area contributed by atoms with Gasteiger partial charge in [0.1, 0.15) is 4.88 Å². The number of aromatic nitrogens is 1. The first-order valence-electron chi connectivity index (χ1n) is 11.2. The monoisotopic (exact) mass is 495 g/mol.